The van der Waals surface area contributed by atoms with Crippen molar-refractivity contribution >= 4 is 11.9 Å². The van der Waals surface area contributed by atoms with E-state index in [4.69, 9.17) is 9.47 Å². The van der Waals surface area contributed by atoms with Crippen LogP contribution in [0.2, 0.25) is 0 Å². The van der Waals surface area contributed by atoms with Crippen LogP contribution in [0.1, 0.15) is 36.7 Å². The molecule has 174 valence electrons. The smallest absolute Gasteiger partial charge is 0.251 e. The first-order valence-corrected chi connectivity index (χ1v) is 11.0. The van der Waals surface area contributed by atoms with Gasteiger partial charge in [-0.15, -0.1) is 0 Å². The fourth-order valence-electron chi connectivity index (χ4n) is 2.96. The number of guanidine groups is 1. The Morgan fingerprint density at radius 3 is 2.28 bits per heavy atom. The zero-order valence-electron chi connectivity index (χ0n) is 19.1. The number of amides is 1. The van der Waals surface area contributed by atoms with E-state index in [1.54, 1.807) is 12.1 Å². The molecule has 0 aliphatic carbocycles. The van der Waals surface area contributed by atoms with Gasteiger partial charge in [-0.05, 0) is 69.2 Å². The zero-order valence-corrected chi connectivity index (χ0v) is 19.1. The number of ether oxygens (including phenoxy) is 2. The van der Waals surface area contributed by atoms with Gasteiger partial charge in [0.15, 0.2) is 17.5 Å². The molecule has 0 unspecified atom stereocenters. The highest BCUT2D eigenvalue weighted by Crippen LogP contribution is 2.28. The molecular weight excluding hydrogens is 408 g/mol. The van der Waals surface area contributed by atoms with Crippen LogP contribution < -0.4 is 25.4 Å². The molecule has 8 nitrogen and oxygen atoms in total. The highest BCUT2D eigenvalue weighted by atomic mass is 16.5. The topological polar surface area (TPSA) is 104 Å². The number of carbonyl (C=O) groups excluding carboxylic acids is 1. The van der Waals surface area contributed by atoms with E-state index in [1.807, 2.05) is 39.0 Å². The number of phenols is 1. The Balaban J connectivity index is 1.82. The monoisotopic (exact) mass is 442 g/mol. The standard InChI is InChI=1S/C24H34N4O4/c1-4-25-24(28-16-15-26-23(30)19-8-10-20(29)11-9-19)27-14-13-18-7-12-21(31-5-2)22(17-18)32-6-3/h7-12,17,29H,4-6,13-16H2,1-3H3,(H,26,30)(H2,25,27,28). The van der Waals surface area contributed by atoms with E-state index >= 15 is 0 Å². The quantitative estimate of drug-likeness (QED) is 0.229. The molecule has 0 bridgehead atoms. The van der Waals surface area contributed by atoms with Crippen LogP contribution in [0.3, 0.4) is 0 Å². The number of carbonyl (C=O) groups is 1. The van der Waals surface area contributed by atoms with Crippen molar-refractivity contribution in [3.05, 3.63) is 53.6 Å². The summed E-state index contributed by atoms with van der Waals surface area (Å²) in [5.41, 5.74) is 1.63. The average Bonchev–Trinajstić information content (AvgIpc) is 2.79. The highest BCUT2D eigenvalue weighted by Gasteiger charge is 2.07. The van der Waals surface area contributed by atoms with Crippen molar-refractivity contribution < 1.29 is 19.4 Å². The Bertz CT molecular complexity index is 869. The Labute approximate surface area is 190 Å². The normalized spacial score (nSPS) is 11.0. The van der Waals surface area contributed by atoms with Crippen molar-refractivity contribution in [2.45, 2.75) is 27.2 Å². The molecule has 4 N–H and O–H groups in total. The van der Waals surface area contributed by atoms with Crippen LogP contribution >= 0.6 is 0 Å². The van der Waals surface area contributed by atoms with E-state index < -0.39 is 0 Å². The number of phenolic OH excluding ortho intramolecular Hbond substituents is 1. The lowest BCUT2D eigenvalue weighted by atomic mass is 10.1. The number of hydrogen-bond donors (Lipinski definition) is 4. The van der Waals surface area contributed by atoms with Gasteiger partial charge in [-0.3, -0.25) is 9.79 Å². The largest absolute Gasteiger partial charge is 0.508 e. The van der Waals surface area contributed by atoms with Gasteiger partial charge >= 0.3 is 0 Å². The lowest BCUT2D eigenvalue weighted by Gasteiger charge is -2.13. The predicted molar refractivity (Wildman–Crippen MR) is 127 cm³/mol. The minimum absolute atomic E-state index is 0.133. The molecule has 0 fully saturated rings. The molecule has 32 heavy (non-hydrogen) atoms. The maximum atomic E-state index is 12.1. The summed E-state index contributed by atoms with van der Waals surface area (Å²) in [6.45, 7) is 9.41. The van der Waals surface area contributed by atoms with Gasteiger partial charge in [0.25, 0.3) is 5.91 Å². The van der Waals surface area contributed by atoms with Gasteiger partial charge in [-0.1, -0.05) is 6.07 Å². The summed E-state index contributed by atoms with van der Waals surface area (Å²) in [5, 5.41) is 18.6. The summed E-state index contributed by atoms with van der Waals surface area (Å²) in [6.07, 6.45) is 0.765. The molecule has 2 aromatic carbocycles. The average molecular weight is 443 g/mol. The summed E-state index contributed by atoms with van der Waals surface area (Å²) in [7, 11) is 0. The Morgan fingerprint density at radius 2 is 1.59 bits per heavy atom. The number of aliphatic imine (C=N–C) groups is 1. The third-order valence-electron chi connectivity index (χ3n) is 4.45. The Hall–Kier alpha value is -3.42. The lowest BCUT2D eigenvalue weighted by Crippen LogP contribution is -2.41. The zero-order chi connectivity index (χ0) is 23.2. The molecule has 0 atom stereocenters. The number of benzene rings is 2. The van der Waals surface area contributed by atoms with Gasteiger partial charge in [0.1, 0.15) is 5.75 Å². The summed E-state index contributed by atoms with van der Waals surface area (Å²) in [4.78, 5) is 16.7. The number of rotatable bonds is 12. The van der Waals surface area contributed by atoms with Crippen LogP contribution in [0, 0.1) is 0 Å². The summed E-state index contributed by atoms with van der Waals surface area (Å²) >= 11 is 0. The van der Waals surface area contributed by atoms with E-state index in [0.717, 1.165) is 30.0 Å². The van der Waals surface area contributed by atoms with E-state index in [1.165, 1.54) is 12.1 Å². The maximum absolute atomic E-state index is 12.1. The lowest BCUT2D eigenvalue weighted by molar-refractivity contribution is 0.0954. The first-order valence-electron chi connectivity index (χ1n) is 11.0. The molecule has 0 aliphatic rings. The number of nitrogens with one attached hydrogen (secondary N) is 3. The van der Waals surface area contributed by atoms with Gasteiger partial charge in [-0.2, -0.15) is 0 Å². The summed E-state index contributed by atoms with van der Waals surface area (Å²) in [5.74, 6) is 2.15. The van der Waals surface area contributed by atoms with Crippen LogP contribution in [0.25, 0.3) is 0 Å². The minimum atomic E-state index is -0.186. The van der Waals surface area contributed by atoms with Crippen LogP contribution in [0.4, 0.5) is 0 Å². The first-order chi connectivity index (χ1) is 15.6. The molecule has 0 saturated carbocycles. The third-order valence-corrected chi connectivity index (χ3v) is 4.45. The van der Waals surface area contributed by atoms with Gasteiger partial charge < -0.3 is 30.5 Å². The molecule has 2 rings (SSSR count). The first kappa shape index (κ1) is 24.8. The predicted octanol–water partition coefficient (Wildman–Crippen LogP) is 2.72. The van der Waals surface area contributed by atoms with Crippen molar-refractivity contribution in [2.24, 2.45) is 4.99 Å². The molecule has 0 saturated heterocycles. The minimum Gasteiger partial charge on any atom is -0.508 e. The van der Waals surface area contributed by atoms with Crippen LogP contribution in [-0.4, -0.2) is 56.4 Å². The SMILES string of the molecule is CCNC(=NCCc1ccc(OCC)c(OCC)c1)NCCNC(=O)c1ccc(O)cc1. The fourth-order valence-corrected chi connectivity index (χ4v) is 2.96. The molecule has 0 radical (unpaired) electrons. The van der Waals surface area contributed by atoms with Gasteiger partial charge in [0, 0.05) is 31.7 Å². The van der Waals surface area contributed by atoms with E-state index in [-0.39, 0.29) is 11.7 Å². The molecule has 8 heteroatoms. The highest BCUT2D eigenvalue weighted by molar-refractivity contribution is 5.94. The molecular formula is C24H34N4O4. The molecule has 0 heterocycles. The summed E-state index contributed by atoms with van der Waals surface area (Å²) < 4.78 is 11.3. The molecule has 1 amide bonds. The second-order valence-corrected chi connectivity index (χ2v) is 6.89. The Kier molecular flexibility index (Phi) is 10.7. The van der Waals surface area contributed by atoms with E-state index in [0.29, 0.717) is 44.4 Å². The second kappa shape index (κ2) is 13.8. The van der Waals surface area contributed by atoms with Crippen molar-refractivity contribution in [2.75, 3.05) is 39.4 Å². The van der Waals surface area contributed by atoms with Crippen molar-refractivity contribution in [3.63, 3.8) is 0 Å². The van der Waals surface area contributed by atoms with Crippen molar-refractivity contribution in [1.29, 1.82) is 0 Å². The molecule has 0 aliphatic heterocycles. The summed E-state index contributed by atoms with van der Waals surface area (Å²) in [6, 6.07) is 12.1. The van der Waals surface area contributed by atoms with Gasteiger partial charge in [-0.25, -0.2) is 0 Å². The molecule has 2 aromatic rings. The Morgan fingerprint density at radius 1 is 0.906 bits per heavy atom. The van der Waals surface area contributed by atoms with Crippen molar-refractivity contribution in [1.82, 2.24) is 16.0 Å². The van der Waals surface area contributed by atoms with Crippen LogP contribution in [0.5, 0.6) is 17.2 Å². The number of aromatic hydroxyl groups is 1. The third kappa shape index (κ3) is 8.37. The molecule has 0 aromatic heterocycles. The van der Waals surface area contributed by atoms with Gasteiger partial charge in [0.2, 0.25) is 0 Å². The fraction of sp³-hybridized carbons (Fsp3) is 0.417. The van der Waals surface area contributed by atoms with Gasteiger partial charge in [0.05, 0.1) is 13.2 Å². The second-order valence-electron chi connectivity index (χ2n) is 6.89. The van der Waals surface area contributed by atoms with Crippen LogP contribution in [0.15, 0.2) is 47.5 Å². The molecule has 0 spiro atoms. The number of nitrogens with zero attached hydrogens (tertiary/aromatic N) is 1. The van der Waals surface area contributed by atoms with E-state index in [9.17, 15) is 9.90 Å². The van der Waals surface area contributed by atoms with E-state index in [2.05, 4.69) is 20.9 Å². The van der Waals surface area contributed by atoms with Crippen molar-refractivity contribution in [3.8, 4) is 17.2 Å². The van der Waals surface area contributed by atoms with Crippen LogP contribution in [-0.2, 0) is 6.42 Å². The maximum Gasteiger partial charge on any atom is 0.251 e. The number of hydrogen-bond acceptors (Lipinski definition) is 5.